The highest BCUT2D eigenvalue weighted by molar-refractivity contribution is 5.98. The Morgan fingerprint density at radius 1 is 1.21 bits per heavy atom. The number of aliphatic hydroxyl groups excluding tert-OH is 1. The van der Waals surface area contributed by atoms with E-state index in [1.807, 2.05) is 33.8 Å². The zero-order valence-corrected chi connectivity index (χ0v) is 14.7. The van der Waals surface area contributed by atoms with E-state index >= 15 is 0 Å². The van der Waals surface area contributed by atoms with Crippen molar-refractivity contribution in [2.45, 2.75) is 39.9 Å². The van der Waals surface area contributed by atoms with Gasteiger partial charge in [-0.1, -0.05) is 6.07 Å². The van der Waals surface area contributed by atoms with Crippen molar-refractivity contribution in [2.24, 2.45) is 0 Å². The van der Waals surface area contributed by atoms with Crippen molar-refractivity contribution in [3.05, 3.63) is 47.3 Å². The normalized spacial score (nSPS) is 11.2. The molecule has 1 N–H and O–H groups in total. The second-order valence-electron chi connectivity index (χ2n) is 6.57. The summed E-state index contributed by atoms with van der Waals surface area (Å²) in [5.74, 6) is 0.138. The van der Waals surface area contributed by atoms with Gasteiger partial charge in [-0.05, 0) is 51.5 Å². The lowest BCUT2D eigenvalue weighted by molar-refractivity contribution is 0.00704. The van der Waals surface area contributed by atoms with E-state index in [2.05, 4.69) is 4.98 Å². The highest BCUT2D eigenvalue weighted by Crippen LogP contribution is 2.34. The van der Waals surface area contributed by atoms with Crippen LogP contribution in [0.4, 0.5) is 0 Å². The van der Waals surface area contributed by atoms with Crippen LogP contribution in [0.2, 0.25) is 0 Å². The number of hydrogen-bond donors (Lipinski definition) is 1. The van der Waals surface area contributed by atoms with E-state index in [1.165, 1.54) is 0 Å². The maximum atomic E-state index is 12.6. The van der Waals surface area contributed by atoms with Crippen LogP contribution in [-0.4, -0.2) is 28.8 Å². The molecular formula is C19H23NO4. The maximum absolute atomic E-state index is 12.6. The number of rotatable bonds is 4. The Kier molecular flexibility index (Phi) is 5.24. The second-order valence-corrected chi connectivity index (χ2v) is 6.57. The molecule has 1 aromatic carbocycles. The number of carbonyl (C=O) groups excluding carboxylic acids is 1. The molecule has 0 radical (unpaired) electrons. The van der Waals surface area contributed by atoms with Crippen molar-refractivity contribution in [3.8, 4) is 16.9 Å². The maximum Gasteiger partial charge on any atom is 0.339 e. The van der Waals surface area contributed by atoms with Crippen LogP contribution in [0.1, 0.15) is 42.4 Å². The van der Waals surface area contributed by atoms with Crippen LogP contribution in [0.5, 0.6) is 5.75 Å². The molecule has 5 nitrogen and oxygen atoms in total. The predicted octanol–water partition coefficient (Wildman–Crippen LogP) is 3.51. The average Bonchev–Trinajstić information content (AvgIpc) is 2.52. The number of aromatic nitrogens is 1. The van der Waals surface area contributed by atoms with Gasteiger partial charge in [-0.25, -0.2) is 4.79 Å². The molecule has 1 aromatic heterocycles. The zero-order chi connectivity index (χ0) is 17.9. The zero-order valence-electron chi connectivity index (χ0n) is 14.7. The van der Waals surface area contributed by atoms with Crippen LogP contribution in [0.15, 0.2) is 30.5 Å². The Morgan fingerprint density at radius 2 is 1.92 bits per heavy atom. The van der Waals surface area contributed by atoms with Crippen molar-refractivity contribution in [2.75, 3.05) is 7.11 Å². The van der Waals surface area contributed by atoms with Gasteiger partial charge >= 0.3 is 5.97 Å². The molecule has 1 heterocycles. The fourth-order valence-corrected chi connectivity index (χ4v) is 2.34. The fraction of sp³-hybridized carbons (Fsp3) is 0.368. The van der Waals surface area contributed by atoms with Gasteiger partial charge in [0.05, 0.1) is 25.5 Å². The van der Waals surface area contributed by atoms with Crippen LogP contribution in [-0.2, 0) is 11.3 Å². The third kappa shape index (κ3) is 4.11. The minimum Gasteiger partial charge on any atom is -0.494 e. The molecule has 0 unspecified atom stereocenters. The number of benzene rings is 1. The van der Waals surface area contributed by atoms with Crippen molar-refractivity contribution < 1.29 is 19.4 Å². The summed E-state index contributed by atoms with van der Waals surface area (Å²) in [4.78, 5) is 16.8. The van der Waals surface area contributed by atoms with Crippen molar-refractivity contribution in [1.82, 2.24) is 4.98 Å². The van der Waals surface area contributed by atoms with E-state index in [0.29, 0.717) is 22.4 Å². The van der Waals surface area contributed by atoms with E-state index in [-0.39, 0.29) is 6.61 Å². The summed E-state index contributed by atoms with van der Waals surface area (Å²) in [6, 6.07) is 7.01. The van der Waals surface area contributed by atoms with Crippen molar-refractivity contribution in [3.63, 3.8) is 0 Å². The number of esters is 1. The monoisotopic (exact) mass is 329 g/mol. The molecular weight excluding hydrogens is 306 g/mol. The van der Waals surface area contributed by atoms with Crippen LogP contribution in [0.3, 0.4) is 0 Å². The molecule has 24 heavy (non-hydrogen) atoms. The molecule has 0 amide bonds. The first-order valence-electron chi connectivity index (χ1n) is 7.73. The first-order valence-corrected chi connectivity index (χ1v) is 7.73. The van der Waals surface area contributed by atoms with Gasteiger partial charge in [0.2, 0.25) is 0 Å². The third-order valence-electron chi connectivity index (χ3n) is 3.40. The smallest absolute Gasteiger partial charge is 0.339 e. The minimum absolute atomic E-state index is 0.117. The molecule has 0 atom stereocenters. The summed E-state index contributed by atoms with van der Waals surface area (Å²) in [6.45, 7) is 7.22. The van der Waals surface area contributed by atoms with Crippen molar-refractivity contribution in [1.29, 1.82) is 0 Å². The quantitative estimate of drug-likeness (QED) is 0.869. The summed E-state index contributed by atoms with van der Waals surface area (Å²) >= 11 is 0. The first kappa shape index (κ1) is 17.9. The molecule has 0 saturated carbocycles. The van der Waals surface area contributed by atoms with E-state index in [1.54, 1.807) is 31.5 Å². The fourth-order valence-electron chi connectivity index (χ4n) is 2.34. The van der Waals surface area contributed by atoms with Crippen LogP contribution >= 0.6 is 0 Å². The molecule has 2 rings (SSSR count). The number of aliphatic hydroxyl groups is 1. The lowest BCUT2D eigenvalue weighted by atomic mass is 9.96. The summed E-state index contributed by atoms with van der Waals surface area (Å²) in [5, 5.41) is 9.45. The van der Waals surface area contributed by atoms with E-state index < -0.39 is 11.6 Å². The second kappa shape index (κ2) is 7.01. The van der Waals surface area contributed by atoms with Crippen molar-refractivity contribution >= 4 is 5.97 Å². The van der Waals surface area contributed by atoms with Gasteiger partial charge in [-0.3, -0.25) is 4.98 Å². The Bertz CT molecular complexity index is 748. The third-order valence-corrected chi connectivity index (χ3v) is 3.40. The summed E-state index contributed by atoms with van der Waals surface area (Å²) in [6.07, 6.45) is 1.62. The number of hydrogen-bond acceptors (Lipinski definition) is 5. The summed E-state index contributed by atoms with van der Waals surface area (Å²) in [7, 11) is 1.55. The molecule has 128 valence electrons. The van der Waals surface area contributed by atoms with Gasteiger partial charge < -0.3 is 14.6 Å². The van der Waals surface area contributed by atoms with E-state index in [0.717, 1.165) is 11.3 Å². The van der Waals surface area contributed by atoms with E-state index in [4.69, 9.17) is 9.47 Å². The molecule has 0 bridgehead atoms. The Morgan fingerprint density at radius 3 is 2.50 bits per heavy atom. The highest BCUT2D eigenvalue weighted by Gasteiger charge is 2.22. The number of nitrogens with zero attached hydrogens (tertiary/aromatic N) is 1. The van der Waals surface area contributed by atoms with Gasteiger partial charge in [-0.15, -0.1) is 0 Å². The molecule has 0 aliphatic carbocycles. The SMILES string of the molecule is COc1cnc(C)cc1-c1cc(CO)ccc1C(=O)OC(C)(C)C. The summed E-state index contributed by atoms with van der Waals surface area (Å²) < 4.78 is 10.9. The van der Waals surface area contributed by atoms with Gasteiger partial charge in [0.1, 0.15) is 11.4 Å². The largest absolute Gasteiger partial charge is 0.494 e. The summed E-state index contributed by atoms with van der Waals surface area (Å²) in [5.41, 5.74) is 2.72. The Balaban J connectivity index is 2.63. The predicted molar refractivity (Wildman–Crippen MR) is 92.1 cm³/mol. The molecule has 5 heteroatoms. The number of carbonyl (C=O) groups is 1. The van der Waals surface area contributed by atoms with Crippen LogP contribution in [0, 0.1) is 6.92 Å². The number of ether oxygens (including phenoxy) is 2. The molecule has 0 saturated heterocycles. The molecule has 0 aliphatic heterocycles. The molecule has 0 aliphatic rings. The Hall–Kier alpha value is -2.40. The lowest BCUT2D eigenvalue weighted by Crippen LogP contribution is -2.24. The molecule has 2 aromatic rings. The van der Waals surface area contributed by atoms with Gasteiger partial charge in [0.25, 0.3) is 0 Å². The van der Waals surface area contributed by atoms with Crippen LogP contribution in [0.25, 0.3) is 11.1 Å². The molecule has 0 fully saturated rings. The van der Waals surface area contributed by atoms with Crippen LogP contribution < -0.4 is 4.74 Å². The topological polar surface area (TPSA) is 68.7 Å². The number of methoxy groups -OCH3 is 1. The average molecular weight is 329 g/mol. The first-order chi connectivity index (χ1) is 11.2. The Labute approximate surface area is 142 Å². The van der Waals surface area contributed by atoms with Gasteiger partial charge in [0, 0.05) is 16.8 Å². The number of aryl methyl sites for hydroxylation is 1. The standard InChI is InChI=1S/C19H23NO4/c1-12-8-16(17(23-5)10-20-12)15-9-13(11-21)6-7-14(15)18(22)24-19(2,3)4/h6-10,21H,11H2,1-5H3. The molecule has 0 spiro atoms. The minimum atomic E-state index is -0.595. The van der Waals surface area contributed by atoms with E-state index in [9.17, 15) is 9.90 Å². The van der Waals surface area contributed by atoms with Gasteiger partial charge in [0.15, 0.2) is 0 Å². The highest BCUT2D eigenvalue weighted by atomic mass is 16.6. The number of pyridine rings is 1. The van der Waals surface area contributed by atoms with Gasteiger partial charge in [-0.2, -0.15) is 0 Å². The lowest BCUT2D eigenvalue weighted by Gasteiger charge is -2.21.